The summed E-state index contributed by atoms with van der Waals surface area (Å²) in [7, 11) is 0. The van der Waals surface area contributed by atoms with Crippen LogP contribution in [0.5, 0.6) is 0 Å². The second kappa shape index (κ2) is 7.80. The van der Waals surface area contributed by atoms with Crippen LogP contribution >= 0.6 is 0 Å². The molecule has 0 fully saturated rings. The third-order valence-corrected chi connectivity index (χ3v) is 3.47. The van der Waals surface area contributed by atoms with Crippen LogP contribution in [-0.2, 0) is 13.0 Å². The van der Waals surface area contributed by atoms with Gasteiger partial charge in [0.25, 0.3) is 0 Å². The molecular formula is C16H24N4. The van der Waals surface area contributed by atoms with E-state index in [1.807, 2.05) is 10.9 Å². The summed E-state index contributed by atoms with van der Waals surface area (Å²) in [6.45, 7) is 6.24. The first kappa shape index (κ1) is 14.7. The highest BCUT2D eigenvalue weighted by molar-refractivity contribution is 5.19. The summed E-state index contributed by atoms with van der Waals surface area (Å²) in [6, 6.07) is 11.0. The van der Waals surface area contributed by atoms with E-state index in [9.17, 15) is 0 Å². The van der Waals surface area contributed by atoms with Gasteiger partial charge in [-0.3, -0.25) is 0 Å². The van der Waals surface area contributed by atoms with Crippen LogP contribution in [0.2, 0.25) is 0 Å². The topological polar surface area (TPSA) is 42.7 Å². The van der Waals surface area contributed by atoms with Gasteiger partial charge < -0.3 is 5.32 Å². The highest BCUT2D eigenvalue weighted by Gasteiger charge is 2.11. The average molecular weight is 272 g/mol. The molecule has 0 aliphatic carbocycles. The summed E-state index contributed by atoms with van der Waals surface area (Å²) in [5.41, 5.74) is 2.58. The molecule has 0 saturated heterocycles. The maximum Gasteiger partial charge on any atom is 0.0725 e. The minimum absolute atomic E-state index is 0.395. The van der Waals surface area contributed by atoms with Crippen LogP contribution in [0.25, 0.3) is 0 Å². The highest BCUT2D eigenvalue weighted by Crippen LogP contribution is 2.18. The van der Waals surface area contributed by atoms with Crippen molar-refractivity contribution in [1.29, 1.82) is 0 Å². The fourth-order valence-corrected chi connectivity index (χ4v) is 2.48. The first-order valence-corrected chi connectivity index (χ1v) is 7.50. The molecule has 1 aromatic heterocycles. The third kappa shape index (κ3) is 3.90. The number of hydrogen-bond donors (Lipinski definition) is 1. The Kier molecular flexibility index (Phi) is 5.74. The Labute approximate surface area is 121 Å². The van der Waals surface area contributed by atoms with Gasteiger partial charge in [-0.2, -0.15) is 0 Å². The second-order valence-corrected chi connectivity index (χ2v) is 5.01. The third-order valence-electron chi connectivity index (χ3n) is 3.47. The number of aromatic nitrogens is 3. The molecule has 0 aliphatic heterocycles. The normalized spacial score (nSPS) is 12.5. The van der Waals surface area contributed by atoms with Crippen molar-refractivity contribution in [3.63, 3.8) is 0 Å². The van der Waals surface area contributed by atoms with Gasteiger partial charge in [-0.05, 0) is 31.4 Å². The van der Waals surface area contributed by atoms with E-state index >= 15 is 0 Å². The van der Waals surface area contributed by atoms with E-state index < -0.39 is 0 Å². The summed E-state index contributed by atoms with van der Waals surface area (Å²) in [5, 5.41) is 11.7. The van der Waals surface area contributed by atoms with Crippen LogP contribution in [0.3, 0.4) is 0 Å². The zero-order valence-corrected chi connectivity index (χ0v) is 12.4. The molecule has 1 N–H and O–H groups in total. The quantitative estimate of drug-likeness (QED) is 0.803. The van der Waals surface area contributed by atoms with Crippen molar-refractivity contribution in [1.82, 2.24) is 20.3 Å². The van der Waals surface area contributed by atoms with Crippen LogP contribution in [0.1, 0.15) is 44.0 Å². The Balaban J connectivity index is 2.00. The van der Waals surface area contributed by atoms with Crippen molar-refractivity contribution in [2.45, 2.75) is 45.7 Å². The monoisotopic (exact) mass is 272 g/mol. The van der Waals surface area contributed by atoms with Gasteiger partial charge >= 0.3 is 0 Å². The molecule has 20 heavy (non-hydrogen) atoms. The molecule has 0 spiro atoms. The lowest BCUT2D eigenvalue weighted by Gasteiger charge is -2.18. The number of aryl methyl sites for hydroxylation is 2. The fourth-order valence-electron chi connectivity index (χ4n) is 2.48. The summed E-state index contributed by atoms with van der Waals surface area (Å²) >= 11 is 0. The Morgan fingerprint density at radius 1 is 1.20 bits per heavy atom. The Morgan fingerprint density at radius 3 is 2.70 bits per heavy atom. The smallest absolute Gasteiger partial charge is 0.0725 e. The first-order valence-electron chi connectivity index (χ1n) is 7.50. The molecule has 4 nitrogen and oxygen atoms in total. The molecule has 2 rings (SSSR count). The molecule has 0 bridgehead atoms. The Morgan fingerprint density at radius 2 is 2.00 bits per heavy atom. The zero-order chi connectivity index (χ0) is 14.2. The van der Waals surface area contributed by atoms with Gasteiger partial charge in [-0.15, -0.1) is 5.10 Å². The van der Waals surface area contributed by atoms with Crippen molar-refractivity contribution < 1.29 is 0 Å². The first-order chi connectivity index (χ1) is 9.85. The maximum absolute atomic E-state index is 4.15. The van der Waals surface area contributed by atoms with Crippen molar-refractivity contribution in [2.75, 3.05) is 6.54 Å². The number of nitrogens with one attached hydrogen (secondary N) is 1. The van der Waals surface area contributed by atoms with Crippen LogP contribution in [-0.4, -0.2) is 21.5 Å². The van der Waals surface area contributed by atoms with E-state index in [1.54, 1.807) is 0 Å². The summed E-state index contributed by atoms with van der Waals surface area (Å²) in [4.78, 5) is 0. The molecule has 2 aromatic rings. The number of hydrogen-bond acceptors (Lipinski definition) is 3. The van der Waals surface area contributed by atoms with E-state index in [1.165, 1.54) is 11.3 Å². The molecule has 0 amide bonds. The van der Waals surface area contributed by atoms with Gasteiger partial charge in [-0.25, -0.2) is 4.68 Å². The molecule has 0 radical (unpaired) electrons. The van der Waals surface area contributed by atoms with Crippen molar-refractivity contribution in [3.8, 4) is 0 Å². The molecule has 108 valence electrons. The largest absolute Gasteiger partial charge is 0.310 e. The van der Waals surface area contributed by atoms with E-state index in [-0.39, 0.29) is 0 Å². The van der Waals surface area contributed by atoms with Crippen LogP contribution in [0.15, 0.2) is 36.5 Å². The molecule has 1 aromatic carbocycles. The second-order valence-electron chi connectivity index (χ2n) is 5.01. The summed E-state index contributed by atoms with van der Waals surface area (Å²) in [6.07, 6.45) is 5.05. The Bertz CT molecular complexity index is 492. The Hall–Kier alpha value is -1.68. The van der Waals surface area contributed by atoms with Gasteiger partial charge in [0, 0.05) is 12.6 Å². The summed E-state index contributed by atoms with van der Waals surface area (Å²) in [5.74, 6) is 0. The fraction of sp³-hybridized carbons (Fsp3) is 0.500. The number of rotatable bonds is 8. The van der Waals surface area contributed by atoms with Gasteiger partial charge in [0.1, 0.15) is 0 Å². The molecule has 1 atom stereocenters. The molecule has 0 aliphatic rings. The SMILES string of the molecule is CCCn1nncc1CCC(NCC)c1ccccc1. The van der Waals surface area contributed by atoms with E-state index in [0.29, 0.717) is 6.04 Å². The minimum atomic E-state index is 0.395. The minimum Gasteiger partial charge on any atom is -0.310 e. The van der Waals surface area contributed by atoms with Crippen molar-refractivity contribution >= 4 is 0 Å². The van der Waals surface area contributed by atoms with Gasteiger partial charge in [0.15, 0.2) is 0 Å². The van der Waals surface area contributed by atoms with Gasteiger partial charge in [0.05, 0.1) is 11.9 Å². The lowest BCUT2D eigenvalue weighted by Crippen LogP contribution is -2.21. The van der Waals surface area contributed by atoms with Crippen LogP contribution < -0.4 is 5.32 Å². The summed E-state index contributed by atoms with van der Waals surface area (Å²) < 4.78 is 2.02. The lowest BCUT2D eigenvalue weighted by molar-refractivity contribution is 0.492. The molecule has 0 saturated carbocycles. The van der Waals surface area contributed by atoms with Gasteiger partial charge in [-0.1, -0.05) is 49.4 Å². The van der Waals surface area contributed by atoms with E-state index in [2.05, 4.69) is 59.8 Å². The zero-order valence-electron chi connectivity index (χ0n) is 12.4. The number of benzene rings is 1. The van der Waals surface area contributed by atoms with Crippen molar-refractivity contribution in [2.24, 2.45) is 0 Å². The average Bonchev–Trinajstić information content (AvgIpc) is 2.92. The predicted molar refractivity (Wildman–Crippen MR) is 81.5 cm³/mol. The highest BCUT2D eigenvalue weighted by atomic mass is 15.4. The van der Waals surface area contributed by atoms with Gasteiger partial charge in [0.2, 0.25) is 0 Å². The molecular weight excluding hydrogens is 248 g/mol. The van der Waals surface area contributed by atoms with Crippen LogP contribution in [0.4, 0.5) is 0 Å². The molecule has 4 heteroatoms. The van der Waals surface area contributed by atoms with Crippen LogP contribution in [0, 0.1) is 0 Å². The standard InChI is InChI=1S/C16H24N4/c1-3-12-20-15(13-18-19-20)10-11-16(17-4-2)14-8-6-5-7-9-14/h5-9,13,16-17H,3-4,10-12H2,1-2H3. The predicted octanol–water partition coefficient (Wildman–Crippen LogP) is 2.97. The van der Waals surface area contributed by atoms with Crippen molar-refractivity contribution in [3.05, 3.63) is 47.8 Å². The number of nitrogens with zero attached hydrogens (tertiary/aromatic N) is 3. The maximum atomic E-state index is 4.15. The van der Waals surface area contributed by atoms with E-state index in [4.69, 9.17) is 0 Å². The molecule has 1 heterocycles. The van der Waals surface area contributed by atoms with E-state index in [0.717, 1.165) is 32.4 Å². The molecule has 1 unspecified atom stereocenters. The lowest BCUT2D eigenvalue weighted by atomic mass is 10.0.